The molecule has 0 amide bonds. The van der Waals surface area contributed by atoms with E-state index in [9.17, 15) is 17.8 Å². The highest BCUT2D eigenvalue weighted by molar-refractivity contribution is 7.86. The van der Waals surface area contributed by atoms with Gasteiger partial charge in [-0.05, 0) is 6.42 Å². The van der Waals surface area contributed by atoms with Gasteiger partial charge in [-0.25, -0.2) is 8.42 Å². The monoisotopic (exact) mass is 181 g/mol. The molecule has 0 aliphatic heterocycles. The molecule has 0 aliphatic rings. The standard InChI is InChI=1S/C5H10O5S/c1-2-3-10-5(6)4-11(7,8)9/h2-4H2,1H3,(H,7,8,9)/p-1. The quantitative estimate of drug-likeness (QED) is 0.430. The molecule has 5 nitrogen and oxygen atoms in total. The van der Waals surface area contributed by atoms with Gasteiger partial charge in [-0.2, -0.15) is 0 Å². The van der Waals surface area contributed by atoms with Gasteiger partial charge in [0.15, 0.2) is 0 Å². The lowest BCUT2D eigenvalue weighted by Crippen LogP contribution is -2.18. The van der Waals surface area contributed by atoms with Crippen molar-refractivity contribution in [3.8, 4) is 0 Å². The summed E-state index contributed by atoms with van der Waals surface area (Å²) < 4.78 is 34.2. The predicted octanol–water partition coefficient (Wildman–Crippen LogP) is -0.515. The number of hydrogen-bond acceptors (Lipinski definition) is 5. The van der Waals surface area contributed by atoms with E-state index >= 15 is 0 Å². The zero-order chi connectivity index (χ0) is 8.91. The minimum atomic E-state index is -4.48. The summed E-state index contributed by atoms with van der Waals surface area (Å²) in [6.07, 6.45) is 0.602. The van der Waals surface area contributed by atoms with E-state index in [4.69, 9.17) is 0 Å². The lowest BCUT2D eigenvalue weighted by Gasteiger charge is -2.05. The Labute approximate surface area is 65.1 Å². The summed E-state index contributed by atoms with van der Waals surface area (Å²) in [5.41, 5.74) is 0. The summed E-state index contributed by atoms with van der Waals surface area (Å²) in [5.74, 6) is -2.06. The van der Waals surface area contributed by atoms with Crippen molar-refractivity contribution in [3.05, 3.63) is 0 Å². The first kappa shape index (κ1) is 10.4. The lowest BCUT2D eigenvalue weighted by molar-refractivity contribution is -0.140. The van der Waals surface area contributed by atoms with E-state index in [1.165, 1.54) is 0 Å². The minimum absolute atomic E-state index is 0.147. The summed E-state index contributed by atoms with van der Waals surface area (Å²) in [4.78, 5) is 10.4. The highest BCUT2D eigenvalue weighted by atomic mass is 32.2. The molecule has 0 atom stereocenters. The van der Waals surface area contributed by atoms with E-state index in [0.717, 1.165) is 0 Å². The Hall–Kier alpha value is -0.620. The van der Waals surface area contributed by atoms with E-state index in [2.05, 4.69) is 4.74 Å². The Morgan fingerprint density at radius 2 is 2.09 bits per heavy atom. The van der Waals surface area contributed by atoms with Gasteiger partial charge < -0.3 is 9.29 Å². The number of hydrogen-bond donors (Lipinski definition) is 0. The van der Waals surface area contributed by atoms with E-state index in [0.29, 0.717) is 6.42 Å². The zero-order valence-electron chi connectivity index (χ0n) is 6.07. The molecule has 0 bridgehead atoms. The Kier molecular flexibility index (Phi) is 4.06. The third kappa shape index (κ3) is 7.27. The van der Waals surface area contributed by atoms with Crippen molar-refractivity contribution in [1.82, 2.24) is 0 Å². The zero-order valence-corrected chi connectivity index (χ0v) is 6.89. The lowest BCUT2D eigenvalue weighted by atomic mass is 10.5. The van der Waals surface area contributed by atoms with Gasteiger partial charge in [-0.1, -0.05) is 6.92 Å². The van der Waals surface area contributed by atoms with E-state index in [1.807, 2.05) is 0 Å². The topological polar surface area (TPSA) is 83.5 Å². The number of ether oxygens (including phenoxy) is 1. The van der Waals surface area contributed by atoms with E-state index < -0.39 is 21.8 Å². The van der Waals surface area contributed by atoms with Gasteiger partial charge in [0.25, 0.3) is 0 Å². The van der Waals surface area contributed by atoms with Crippen LogP contribution in [-0.2, 0) is 19.6 Å². The second kappa shape index (κ2) is 4.30. The van der Waals surface area contributed by atoms with Crippen molar-refractivity contribution >= 4 is 16.1 Å². The molecule has 0 aromatic carbocycles. The summed E-state index contributed by atoms with van der Waals surface area (Å²) in [7, 11) is -4.48. The largest absolute Gasteiger partial charge is 0.748 e. The first-order valence-corrected chi connectivity index (χ1v) is 4.62. The number of carbonyl (C=O) groups is 1. The maximum absolute atomic E-state index is 10.4. The van der Waals surface area contributed by atoms with Crippen LogP contribution in [0.5, 0.6) is 0 Å². The fourth-order valence-corrected chi connectivity index (χ4v) is 0.774. The molecule has 0 aliphatic carbocycles. The van der Waals surface area contributed by atoms with Crippen LogP contribution in [0.15, 0.2) is 0 Å². The first-order valence-electron chi connectivity index (χ1n) is 3.05. The molecule has 0 spiro atoms. The van der Waals surface area contributed by atoms with Crippen molar-refractivity contribution in [2.75, 3.05) is 12.4 Å². The molecule has 0 unspecified atom stereocenters. The summed E-state index contributed by atoms with van der Waals surface area (Å²) >= 11 is 0. The fourth-order valence-electron chi connectivity index (χ4n) is 0.402. The Bertz CT molecular complexity index is 217. The Morgan fingerprint density at radius 1 is 1.55 bits per heavy atom. The van der Waals surface area contributed by atoms with Gasteiger partial charge in [-0.15, -0.1) is 0 Å². The average molecular weight is 181 g/mol. The number of carbonyl (C=O) groups excluding carboxylic acids is 1. The second-order valence-electron chi connectivity index (χ2n) is 1.92. The van der Waals surface area contributed by atoms with Crippen molar-refractivity contribution < 1.29 is 22.5 Å². The molecule has 0 radical (unpaired) electrons. The molecule has 0 fully saturated rings. The molecule has 0 saturated carbocycles. The third-order valence-corrected chi connectivity index (χ3v) is 1.35. The van der Waals surface area contributed by atoms with Crippen molar-refractivity contribution in [1.29, 1.82) is 0 Å². The highest BCUT2D eigenvalue weighted by Crippen LogP contribution is 1.87. The molecule has 6 heteroatoms. The van der Waals surface area contributed by atoms with Crippen LogP contribution in [0.4, 0.5) is 0 Å². The first-order chi connectivity index (χ1) is 4.95. The average Bonchev–Trinajstić information content (AvgIpc) is 1.79. The van der Waals surface area contributed by atoms with Crippen molar-refractivity contribution in [2.45, 2.75) is 13.3 Å². The van der Waals surface area contributed by atoms with Crippen LogP contribution < -0.4 is 0 Å². The van der Waals surface area contributed by atoms with Gasteiger partial charge in [-0.3, -0.25) is 4.79 Å². The van der Waals surface area contributed by atoms with Crippen molar-refractivity contribution in [3.63, 3.8) is 0 Å². The summed E-state index contributed by atoms with van der Waals surface area (Å²) in [6, 6.07) is 0. The van der Waals surface area contributed by atoms with Crippen LogP contribution in [0.1, 0.15) is 13.3 Å². The fraction of sp³-hybridized carbons (Fsp3) is 0.800. The maximum atomic E-state index is 10.4. The molecule has 66 valence electrons. The Balaban J connectivity index is 3.71. The summed E-state index contributed by atoms with van der Waals surface area (Å²) in [5, 5.41) is 0. The van der Waals surface area contributed by atoms with Crippen LogP contribution in [0.25, 0.3) is 0 Å². The number of esters is 1. The van der Waals surface area contributed by atoms with Crippen LogP contribution in [0.2, 0.25) is 0 Å². The molecule has 0 rings (SSSR count). The molecule has 0 N–H and O–H groups in total. The SMILES string of the molecule is CCCOC(=O)CS(=O)(=O)[O-]. The van der Waals surface area contributed by atoms with Gasteiger partial charge >= 0.3 is 5.97 Å². The maximum Gasteiger partial charge on any atom is 0.319 e. The van der Waals surface area contributed by atoms with Gasteiger partial charge in [0.1, 0.15) is 15.9 Å². The van der Waals surface area contributed by atoms with Crippen LogP contribution in [0, 0.1) is 0 Å². The normalized spacial score (nSPS) is 11.1. The van der Waals surface area contributed by atoms with Crippen LogP contribution in [0.3, 0.4) is 0 Å². The molecule has 0 saturated heterocycles. The van der Waals surface area contributed by atoms with Gasteiger partial charge in [0.05, 0.1) is 6.61 Å². The molecule has 11 heavy (non-hydrogen) atoms. The number of rotatable bonds is 4. The van der Waals surface area contributed by atoms with Gasteiger partial charge in [0, 0.05) is 0 Å². The minimum Gasteiger partial charge on any atom is -0.748 e. The second-order valence-corrected chi connectivity index (χ2v) is 3.33. The smallest absolute Gasteiger partial charge is 0.319 e. The molecular weight excluding hydrogens is 172 g/mol. The van der Waals surface area contributed by atoms with E-state index in [-0.39, 0.29) is 6.61 Å². The molecule has 0 aromatic heterocycles. The van der Waals surface area contributed by atoms with E-state index in [1.54, 1.807) is 6.92 Å². The molecular formula is C5H9O5S-. The molecule has 0 heterocycles. The van der Waals surface area contributed by atoms with Gasteiger partial charge in [0.2, 0.25) is 0 Å². The summed E-state index contributed by atoms with van der Waals surface area (Å²) in [6.45, 7) is 1.91. The van der Waals surface area contributed by atoms with Crippen LogP contribution in [-0.4, -0.2) is 31.3 Å². The van der Waals surface area contributed by atoms with Crippen molar-refractivity contribution in [2.24, 2.45) is 0 Å². The third-order valence-electron chi connectivity index (χ3n) is 0.762. The van der Waals surface area contributed by atoms with Crippen LogP contribution >= 0.6 is 0 Å². The predicted molar refractivity (Wildman–Crippen MR) is 35.8 cm³/mol. The highest BCUT2D eigenvalue weighted by Gasteiger charge is 2.06. The molecule has 0 aromatic rings. The Morgan fingerprint density at radius 3 is 2.45 bits per heavy atom.